The quantitative estimate of drug-likeness (QED) is 0.760. The summed E-state index contributed by atoms with van der Waals surface area (Å²) in [7, 11) is 0. The number of rotatable bonds is 7. The molecule has 4 nitrogen and oxygen atoms in total. The number of nitrogens with one attached hydrogen (secondary N) is 1. The fourth-order valence-corrected chi connectivity index (χ4v) is 2.61. The third-order valence-corrected chi connectivity index (χ3v) is 3.67. The van der Waals surface area contributed by atoms with E-state index in [2.05, 4.69) is 14.9 Å². The maximum atomic E-state index is 5.85. The van der Waals surface area contributed by atoms with Gasteiger partial charge in [-0.3, -0.25) is 0 Å². The maximum absolute atomic E-state index is 5.85. The average molecular weight is 255 g/mol. The van der Waals surface area contributed by atoms with Crippen molar-refractivity contribution in [2.75, 3.05) is 13.2 Å². The molecule has 2 rings (SSSR count). The van der Waals surface area contributed by atoms with Crippen molar-refractivity contribution in [3.8, 4) is 0 Å². The molecular weight excluding hydrogens is 234 g/mol. The van der Waals surface area contributed by atoms with Crippen molar-refractivity contribution in [2.45, 2.75) is 51.2 Å². The summed E-state index contributed by atoms with van der Waals surface area (Å²) in [5, 5.41) is 9.31. The Morgan fingerprint density at radius 1 is 1.35 bits per heavy atom. The molecule has 0 aromatic carbocycles. The van der Waals surface area contributed by atoms with Crippen molar-refractivity contribution >= 4 is 11.5 Å². The van der Waals surface area contributed by atoms with Gasteiger partial charge in [-0.15, -0.1) is 5.10 Å². The zero-order valence-electron chi connectivity index (χ0n) is 10.2. The second-order valence-electron chi connectivity index (χ2n) is 4.56. The van der Waals surface area contributed by atoms with Crippen LogP contribution >= 0.6 is 11.5 Å². The van der Waals surface area contributed by atoms with E-state index in [1.54, 1.807) is 0 Å². The van der Waals surface area contributed by atoms with E-state index < -0.39 is 0 Å². The van der Waals surface area contributed by atoms with E-state index in [-0.39, 0.29) is 0 Å². The van der Waals surface area contributed by atoms with Gasteiger partial charge in [0.1, 0.15) is 0 Å². The zero-order valence-corrected chi connectivity index (χ0v) is 11.0. The van der Waals surface area contributed by atoms with Crippen LogP contribution in [0.15, 0.2) is 5.38 Å². The normalized spacial score (nSPS) is 17.4. The van der Waals surface area contributed by atoms with Gasteiger partial charge >= 0.3 is 0 Å². The van der Waals surface area contributed by atoms with Crippen LogP contribution in [0.25, 0.3) is 0 Å². The number of hydrogen-bond acceptors (Lipinski definition) is 5. The molecule has 0 spiro atoms. The van der Waals surface area contributed by atoms with E-state index in [0.717, 1.165) is 31.8 Å². The van der Waals surface area contributed by atoms with Gasteiger partial charge in [-0.2, -0.15) is 0 Å². The van der Waals surface area contributed by atoms with Crippen LogP contribution < -0.4 is 5.32 Å². The summed E-state index contributed by atoms with van der Waals surface area (Å²) in [4.78, 5) is 0. The SMILES string of the molecule is c1snnc1CNCCCOC1CCCCC1. The first-order valence-corrected chi connectivity index (χ1v) is 7.37. The molecule has 1 aromatic rings. The molecule has 0 aliphatic heterocycles. The topological polar surface area (TPSA) is 47.0 Å². The van der Waals surface area contributed by atoms with Gasteiger partial charge in [0.25, 0.3) is 0 Å². The number of hydrogen-bond donors (Lipinski definition) is 1. The van der Waals surface area contributed by atoms with Gasteiger partial charge in [0, 0.05) is 18.5 Å². The maximum Gasteiger partial charge on any atom is 0.0893 e. The Kier molecular flexibility index (Phi) is 5.88. The Labute approximate surface area is 107 Å². The lowest BCUT2D eigenvalue weighted by molar-refractivity contribution is 0.0273. The Bertz CT molecular complexity index is 286. The lowest BCUT2D eigenvalue weighted by atomic mass is 9.98. The van der Waals surface area contributed by atoms with E-state index in [0.29, 0.717) is 6.10 Å². The number of ether oxygens (including phenoxy) is 1. The van der Waals surface area contributed by atoms with Crippen LogP contribution in [0.2, 0.25) is 0 Å². The Morgan fingerprint density at radius 2 is 2.24 bits per heavy atom. The summed E-state index contributed by atoms with van der Waals surface area (Å²) in [6.45, 7) is 2.69. The molecule has 0 radical (unpaired) electrons. The molecule has 1 aliphatic carbocycles. The molecular formula is C12H21N3OS. The number of nitrogens with zero attached hydrogens (tertiary/aromatic N) is 2. The van der Waals surface area contributed by atoms with Crippen LogP contribution in [-0.2, 0) is 11.3 Å². The van der Waals surface area contributed by atoms with Crippen LogP contribution in [0.3, 0.4) is 0 Å². The molecule has 1 saturated carbocycles. The molecule has 0 bridgehead atoms. The van der Waals surface area contributed by atoms with E-state index >= 15 is 0 Å². The largest absolute Gasteiger partial charge is 0.378 e. The minimum atomic E-state index is 0.534. The smallest absolute Gasteiger partial charge is 0.0893 e. The lowest BCUT2D eigenvalue weighted by Gasteiger charge is -2.21. The fraction of sp³-hybridized carbons (Fsp3) is 0.833. The first-order chi connectivity index (χ1) is 8.45. The van der Waals surface area contributed by atoms with E-state index in [1.165, 1.54) is 43.6 Å². The van der Waals surface area contributed by atoms with Crippen molar-refractivity contribution in [1.29, 1.82) is 0 Å². The molecule has 1 aliphatic rings. The van der Waals surface area contributed by atoms with Crippen LogP contribution in [-0.4, -0.2) is 28.8 Å². The molecule has 96 valence electrons. The highest BCUT2D eigenvalue weighted by Gasteiger charge is 2.12. The monoisotopic (exact) mass is 255 g/mol. The summed E-state index contributed by atoms with van der Waals surface area (Å²) in [5.74, 6) is 0. The standard InChI is InChI=1S/C12H21N3OS/c1-2-5-12(6-3-1)16-8-4-7-13-9-11-10-17-15-14-11/h10,12-13H,1-9H2. The summed E-state index contributed by atoms with van der Waals surface area (Å²) in [5.41, 5.74) is 1.03. The average Bonchev–Trinajstić information content (AvgIpc) is 2.88. The molecule has 17 heavy (non-hydrogen) atoms. The summed E-state index contributed by atoms with van der Waals surface area (Å²) in [6, 6.07) is 0. The first-order valence-electron chi connectivity index (χ1n) is 6.53. The second-order valence-corrected chi connectivity index (χ2v) is 5.17. The van der Waals surface area contributed by atoms with Crippen molar-refractivity contribution in [1.82, 2.24) is 14.9 Å². The number of aromatic nitrogens is 2. The molecule has 1 aromatic heterocycles. The Morgan fingerprint density at radius 3 is 3.00 bits per heavy atom. The van der Waals surface area contributed by atoms with E-state index in [4.69, 9.17) is 4.74 Å². The molecule has 5 heteroatoms. The third-order valence-electron chi connectivity index (χ3n) is 3.11. The van der Waals surface area contributed by atoms with Gasteiger partial charge in [0.2, 0.25) is 0 Å². The summed E-state index contributed by atoms with van der Waals surface area (Å²) >= 11 is 1.40. The van der Waals surface area contributed by atoms with Crippen molar-refractivity contribution in [3.05, 3.63) is 11.1 Å². The minimum Gasteiger partial charge on any atom is -0.378 e. The van der Waals surface area contributed by atoms with Crippen molar-refractivity contribution in [3.63, 3.8) is 0 Å². The predicted octanol–water partition coefficient (Wildman–Crippen LogP) is 2.37. The summed E-state index contributed by atoms with van der Waals surface area (Å²) < 4.78 is 9.68. The Hall–Kier alpha value is -0.520. The van der Waals surface area contributed by atoms with Gasteiger partial charge in [0.15, 0.2) is 0 Å². The molecule has 0 amide bonds. The van der Waals surface area contributed by atoms with E-state index in [9.17, 15) is 0 Å². The van der Waals surface area contributed by atoms with Crippen LogP contribution in [0.4, 0.5) is 0 Å². The van der Waals surface area contributed by atoms with Crippen LogP contribution in [0, 0.1) is 0 Å². The lowest BCUT2D eigenvalue weighted by Crippen LogP contribution is -2.20. The zero-order chi connectivity index (χ0) is 11.8. The van der Waals surface area contributed by atoms with Gasteiger partial charge in [-0.25, -0.2) is 0 Å². The predicted molar refractivity (Wildman–Crippen MR) is 69.1 cm³/mol. The Balaban J connectivity index is 1.43. The highest BCUT2D eigenvalue weighted by Crippen LogP contribution is 2.20. The molecule has 0 saturated heterocycles. The van der Waals surface area contributed by atoms with Crippen LogP contribution in [0.5, 0.6) is 0 Å². The molecule has 1 heterocycles. The molecule has 1 fully saturated rings. The first kappa shape index (κ1) is 12.9. The highest BCUT2D eigenvalue weighted by molar-refractivity contribution is 7.03. The van der Waals surface area contributed by atoms with Crippen LogP contribution in [0.1, 0.15) is 44.2 Å². The van der Waals surface area contributed by atoms with Crippen molar-refractivity contribution in [2.24, 2.45) is 0 Å². The van der Waals surface area contributed by atoms with Gasteiger partial charge in [-0.1, -0.05) is 23.8 Å². The van der Waals surface area contributed by atoms with E-state index in [1.807, 2.05) is 5.38 Å². The van der Waals surface area contributed by atoms with Gasteiger partial charge in [-0.05, 0) is 37.3 Å². The van der Waals surface area contributed by atoms with Gasteiger partial charge < -0.3 is 10.1 Å². The molecule has 1 N–H and O–H groups in total. The minimum absolute atomic E-state index is 0.534. The fourth-order valence-electron chi connectivity index (χ4n) is 2.16. The highest BCUT2D eigenvalue weighted by atomic mass is 32.1. The van der Waals surface area contributed by atoms with Crippen molar-refractivity contribution < 1.29 is 4.74 Å². The van der Waals surface area contributed by atoms with Gasteiger partial charge in [0.05, 0.1) is 11.8 Å². The third kappa shape index (κ3) is 5.10. The second kappa shape index (κ2) is 7.74. The molecule has 0 atom stereocenters. The molecule has 0 unspecified atom stereocenters. The summed E-state index contributed by atoms with van der Waals surface area (Å²) in [6.07, 6.45) is 8.22.